The Morgan fingerprint density at radius 2 is 1.68 bits per heavy atom. The second-order valence-corrected chi connectivity index (χ2v) is 7.57. The van der Waals surface area contributed by atoms with Gasteiger partial charge in [0, 0.05) is 12.1 Å². The molecule has 0 radical (unpaired) electrons. The number of benzene rings is 2. The Morgan fingerprint density at radius 3 is 2.32 bits per heavy atom. The fraction of sp³-hybridized carbons (Fsp3) is 0.167. The van der Waals surface area contributed by atoms with Crippen LogP contribution in [0.15, 0.2) is 60.7 Å². The second-order valence-electron chi connectivity index (χ2n) is 5.89. The van der Waals surface area contributed by atoms with E-state index in [0.717, 1.165) is 0 Å². The molecule has 0 spiro atoms. The van der Waals surface area contributed by atoms with Gasteiger partial charge in [-0.15, -0.1) is 0 Å². The predicted molar refractivity (Wildman–Crippen MR) is 96.3 cm³/mol. The zero-order valence-electron chi connectivity index (χ0n) is 14.3. The molecule has 0 saturated heterocycles. The van der Waals surface area contributed by atoms with Gasteiger partial charge in [0.25, 0.3) is 0 Å². The third-order valence-electron chi connectivity index (χ3n) is 3.94. The normalized spacial score (nSPS) is 15.0. The summed E-state index contributed by atoms with van der Waals surface area (Å²) in [5.74, 6) is 0.382. The maximum absolute atomic E-state index is 12.6. The Morgan fingerprint density at radius 1 is 1.04 bits per heavy atom. The first-order valence-corrected chi connectivity index (χ1v) is 9.55. The molecule has 2 aromatic carbocycles. The third kappa shape index (κ3) is 4.28. The molecule has 3 rings (SSSR count). The molecule has 1 heterocycles. The van der Waals surface area contributed by atoms with Crippen molar-refractivity contribution in [2.24, 2.45) is 0 Å². The molecule has 0 unspecified atom stereocenters. The molecule has 0 atom stereocenters. The molecule has 6 nitrogen and oxygen atoms in total. The summed E-state index contributed by atoms with van der Waals surface area (Å²) in [7, 11) is -5.57. The summed E-state index contributed by atoms with van der Waals surface area (Å²) >= 11 is 0. The number of cyclic esters (lactones) is 1. The van der Waals surface area contributed by atoms with E-state index >= 15 is 0 Å². The monoisotopic (exact) mass is 412 g/mol. The van der Waals surface area contributed by atoms with Gasteiger partial charge in [-0.05, 0) is 17.7 Å². The first-order chi connectivity index (χ1) is 13.2. The van der Waals surface area contributed by atoms with Crippen LogP contribution in [-0.2, 0) is 21.3 Å². The molecule has 0 fully saturated rings. The van der Waals surface area contributed by atoms with Crippen LogP contribution in [0.2, 0.25) is 0 Å². The molecule has 0 bridgehead atoms. The van der Waals surface area contributed by atoms with Gasteiger partial charge >= 0.3 is 21.6 Å². The minimum atomic E-state index is -5.57. The summed E-state index contributed by atoms with van der Waals surface area (Å²) in [5.41, 5.74) is -4.79. The van der Waals surface area contributed by atoms with Crippen LogP contribution in [0.25, 0.3) is 5.76 Å². The van der Waals surface area contributed by atoms with Gasteiger partial charge in [-0.3, -0.25) is 9.62 Å². The summed E-state index contributed by atoms with van der Waals surface area (Å²) < 4.78 is 67.5. The predicted octanol–water partition coefficient (Wildman–Crippen LogP) is 3.94. The van der Waals surface area contributed by atoms with E-state index in [0.29, 0.717) is 11.3 Å². The lowest BCUT2D eigenvalue weighted by molar-refractivity contribution is -0.0429. The van der Waals surface area contributed by atoms with Crippen LogP contribution >= 0.6 is 0 Å². The Balaban J connectivity index is 1.78. The largest absolute Gasteiger partial charge is 0.516 e. The van der Waals surface area contributed by atoms with Gasteiger partial charge in [-0.25, -0.2) is 4.79 Å². The number of amides is 1. The van der Waals surface area contributed by atoms with Gasteiger partial charge < -0.3 is 4.74 Å². The van der Waals surface area contributed by atoms with E-state index < -0.39 is 21.6 Å². The zero-order valence-corrected chi connectivity index (χ0v) is 15.1. The Bertz CT molecular complexity index is 1000. The van der Waals surface area contributed by atoms with Crippen LogP contribution in [0, 0.1) is 0 Å². The summed E-state index contributed by atoms with van der Waals surface area (Å²) in [6, 6.07) is 14.5. The fourth-order valence-corrected chi connectivity index (χ4v) is 3.15. The molecule has 0 saturated carbocycles. The molecule has 10 heteroatoms. The lowest BCUT2D eigenvalue weighted by atomic mass is 10.1. The van der Waals surface area contributed by atoms with Crippen molar-refractivity contribution in [1.29, 1.82) is 0 Å². The number of nitrogens with one attached hydrogen (secondary N) is 1. The standard InChI is InChI=1S/C18H15F3N2O4S/c19-18(20,21)28(25,26)22-15-9-5-4-8-14(15)12-23-11-10-16(27-17(23)24)13-6-2-1-3-7-13/h1-10,22H,11-12H2. The van der Waals surface area contributed by atoms with Crippen LogP contribution in [0.1, 0.15) is 11.1 Å². The van der Waals surface area contributed by atoms with E-state index in [1.807, 2.05) is 6.07 Å². The van der Waals surface area contributed by atoms with Crippen molar-refractivity contribution >= 4 is 27.6 Å². The minimum absolute atomic E-state index is 0.131. The van der Waals surface area contributed by atoms with Gasteiger partial charge in [0.2, 0.25) is 0 Å². The number of halogens is 3. The summed E-state index contributed by atoms with van der Waals surface area (Å²) in [6.07, 6.45) is 0.981. The quantitative estimate of drug-likeness (QED) is 0.807. The van der Waals surface area contributed by atoms with E-state index in [9.17, 15) is 26.4 Å². The molecular weight excluding hydrogens is 397 g/mol. The van der Waals surface area contributed by atoms with E-state index in [1.54, 1.807) is 30.3 Å². The first kappa shape index (κ1) is 19.7. The fourth-order valence-electron chi connectivity index (χ4n) is 2.54. The molecular formula is C18H15F3N2O4S. The lowest BCUT2D eigenvalue weighted by Crippen LogP contribution is -2.35. The second kappa shape index (κ2) is 7.55. The summed E-state index contributed by atoms with van der Waals surface area (Å²) in [4.78, 5) is 13.5. The van der Waals surface area contributed by atoms with Gasteiger partial charge in [-0.2, -0.15) is 21.6 Å². The Hall–Kier alpha value is -3.01. The van der Waals surface area contributed by atoms with Gasteiger partial charge in [0.1, 0.15) is 5.76 Å². The van der Waals surface area contributed by atoms with Crippen molar-refractivity contribution in [3.8, 4) is 0 Å². The molecule has 2 aromatic rings. The molecule has 1 amide bonds. The van der Waals surface area contributed by atoms with Gasteiger partial charge in [0.15, 0.2) is 0 Å². The smallest absolute Gasteiger partial charge is 0.410 e. The number of hydrogen-bond donors (Lipinski definition) is 1. The Kier molecular flexibility index (Phi) is 5.32. The molecule has 1 N–H and O–H groups in total. The molecule has 1 aliphatic heterocycles. The number of para-hydroxylation sites is 1. The van der Waals surface area contributed by atoms with Crippen molar-refractivity contribution in [3.63, 3.8) is 0 Å². The van der Waals surface area contributed by atoms with Crippen LogP contribution in [0.5, 0.6) is 0 Å². The van der Waals surface area contributed by atoms with Crippen LogP contribution in [-0.4, -0.2) is 31.5 Å². The number of carbonyl (C=O) groups is 1. The van der Waals surface area contributed by atoms with Crippen molar-refractivity contribution < 1.29 is 31.1 Å². The Labute approximate surface area is 159 Å². The highest BCUT2D eigenvalue weighted by atomic mass is 32.2. The minimum Gasteiger partial charge on any atom is -0.410 e. The number of alkyl halides is 3. The van der Waals surface area contributed by atoms with Gasteiger partial charge in [-0.1, -0.05) is 48.5 Å². The van der Waals surface area contributed by atoms with Crippen LogP contribution in [0.3, 0.4) is 0 Å². The van der Waals surface area contributed by atoms with E-state index in [1.165, 1.54) is 33.9 Å². The molecule has 1 aliphatic rings. The maximum atomic E-state index is 12.6. The van der Waals surface area contributed by atoms with Gasteiger partial charge in [0.05, 0.1) is 12.2 Å². The number of anilines is 1. The number of sulfonamides is 1. The topological polar surface area (TPSA) is 75.7 Å². The summed E-state index contributed by atoms with van der Waals surface area (Å²) in [6.45, 7) is 0.0252. The number of nitrogens with zero attached hydrogens (tertiary/aromatic N) is 1. The number of carbonyl (C=O) groups excluding carboxylic acids is 1. The highest BCUT2D eigenvalue weighted by Crippen LogP contribution is 2.28. The highest BCUT2D eigenvalue weighted by molar-refractivity contribution is 7.93. The average molecular weight is 412 g/mol. The van der Waals surface area contributed by atoms with Crippen LogP contribution in [0.4, 0.5) is 23.7 Å². The van der Waals surface area contributed by atoms with Crippen molar-refractivity contribution in [2.45, 2.75) is 12.1 Å². The maximum Gasteiger partial charge on any atom is 0.516 e. The lowest BCUT2D eigenvalue weighted by Gasteiger charge is -2.27. The average Bonchev–Trinajstić information content (AvgIpc) is 2.64. The molecule has 0 aliphatic carbocycles. The molecule has 148 valence electrons. The van der Waals surface area contributed by atoms with Crippen molar-refractivity contribution in [1.82, 2.24) is 4.90 Å². The van der Waals surface area contributed by atoms with E-state index in [-0.39, 0.29) is 24.3 Å². The van der Waals surface area contributed by atoms with Crippen molar-refractivity contribution in [2.75, 3.05) is 11.3 Å². The molecule has 0 aromatic heterocycles. The zero-order chi connectivity index (χ0) is 20.4. The SMILES string of the molecule is O=C1OC(c2ccccc2)=CCN1Cc1ccccc1NS(=O)(=O)C(F)(F)F. The third-order valence-corrected chi connectivity index (χ3v) is 5.04. The number of rotatable bonds is 5. The highest BCUT2D eigenvalue weighted by Gasteiger charge is 2.46. The van der Waals surface area contributed by atoms with E-state index in [4.69, 9.17) is 4.74 Å². The van der Waals surface area contributed by atoms with Crippen LogP contribution < -0.4 is 4.72 Å². The number of ether oxygens (including phenoxy) is 1. The first-order valence-electron chi connectivity index (χ1n) is 8.07. The molecule has 28 heavy (non-hydrogen) atoms. The summed E-state index contributed by atoms with van der Waals surface area (Å²) in [5, 5.41) is 0. The van der Waals surface area contributed by atoms with E-state index in [2.05, 4.69) is 0 Å². The number of hydrogen-bond acceptors (Lipinski definition) is 4. The van der Waals surface area contributed by atoms with Crippen molar-refractivity contribution in [3.05, 3.63) is 71.8 Å².